The van der Waals surface area contributed by atoms with Crippen LogP contribution in [0.4, 0.5) is 5.69 Å². The normalized spacial score (nSPS) is 11.5. The molecule has 3 N–H and O–H groups in total. The van der Waals surface area contributed by atoms with Gasteiger partial charge >= 0.3 is 0 Å². The molecule has 0 saturated heterocycles. The van der Waals surface area contributed by atoms with Crippen LogP contribution in [0.25, 0.3) is 0 Å². The highest BCUT2D eigenvalue weighted by molar-refractivity contribution is 7.91. The van der Waals surface area contributed by atoms with Crippen LogP contribution >= 0.6 is 0 Å². The maximum atomic E-state index is 12.4. The van der Waals surface area contributed by atoms with Crippen LogP contribution < -0.4 is 10.9 Å². The van der Waals surface area contributed by atoms with E-state index in [0.717, 1.165) is 6.21 Å². The average molecular weight is 323 g/mol. The Bertz CT molecular complexity index is 793. The Morgan fingerprint density at radius 1 is 1.23 bits per heavy atom. The standard InChI is InChI=1S/C13H13N3O5S/c1-9(17)15-10-2-5-12(6-3-10)22(19,20)13-7-4-11(21-13)8-14-16-18/h2-8,16,18H,1H3,(H,15,17)/b14-8+. The molecule has 2 aromatic rings. The summed E-state index contributed by atoms with van der Waals surface area (Å²) in [6.07, 6.45) is 1.12. The molecule has 2 rings (SSSR count). The number of sulfone groups is 1. The Morgan fingerprint density at radius 3 is 2.50 bits per heavy atom. The van der Waals surface area contributed by atoms with Crippen molar-refractivity contribution >= 4 is 27.6 Å². The Balaban J connectivity index is 2.28. The number of furan rings is 1. The van der Waals surface area contributed by atoms with Gasteiger partial charge in [-0.1, -0.05) is 0 Å². The zero-order chi connectivity index (χ0) is 16.2. The van der Waals surface area contributed by atoms with E-state index in [4.69, 9.17) is 9.62 Å². The summed E-state index contributed by atoms with van der Waals surface area (Å²) >= 11 is 0. The first-order chi connectivity index (χ1) is 10.4. The average Bonchev–Trinajstić information content (AvgIpc) is 2.94. The zero-order valence-electron chi connectivity index (χ0n) is 11.5. The second kappa shape index (κ2) is 6.41. The SMILES string of the molecule is CC(=O)Nc1ccc(S(=O)(=O)c2ccc(/C=N/NO)o2)cc1. The van der Waals surface area contributed by atoms with Crippen LogP contribution in [-0.2, 0) is 14.6 Å². The van der Waals surface area contributed by atoms with Crippen molar-refractivity contribution in [2.45, 2.75) is 16.9 Å². The summed E-state index contributed by atoms with van der Waals surface area (Å²) in [6, 6.07) is 8.39. The first-order valence-corrected chi connectivity index (χ1v) is 7.56. The van der Waals surface area contributed by atoms with Gasteiger partial charge in [0.15, 0.2) is 0 Å². The molecule has 0 unspecified atom stereocenters. The van der Waals surface area contributed by atoms with Crippen molar-refractivity contribution in [3.63, 3.8) is 0 Å². The number of nitrogens with one attached hydrogen (secondary N) is 2. The lowest BCUT2D eigenvalue weighted by molar-refractivity contribution is -0.114. The molecule has 0 radical (unpaired) electrons. The third-order valence-electron chi connectivity index (χ3n) is 2.60. The van der Waals surface area contributed by atoms with Gasteiger partial charge in [0.1, 0.15) is 5.76 Å². The molecule has 116 valence electrons. The van der Waals surface area contributed by atoms with Crippen LogP contribution in [0.15, 0.2) is 55.9 Å². The summed E-state index contributed by atoms with van der Waals surface area (Å²) in [6.45, 7) is 1.36. The van der Waals surface area contributed by atoms with E-state index in [2.05, 4.69) is 10.4 Å². The Kier molecular flexibility index (Phi) is 4.59. The molecule has 0 aliphatic rings. The van der Waals surface area contributed by atoms with E-state index in [9.17, 15) is 13.2 Å². The van der Waals surface area contributed by atoms with Crippen molar-refractivity contribution in [1.82, 2.24) is 5.59 Å². The van der Waals surface area contributed by atoms with Crippen molar-refractivity contribution in [1.29, 1.82) is 0 Å². The molecule has 1 aromatic heterocycles. The molecule has 0 atom stereocenters. The number of hydrazone groups is 1. The van der Waals surface area contributed by atoms with Crippen LogP contribution in [-0.4, -0.2) is 25.7 Å². The molecule has 1 amide bonds. The maximum Gasteiger partial charge on any atom is 0.239 e. The van der Waals surface area contributed by atoms with Crippen LogP contribution in [0.2, 0.25) is 0 Å². The summed E-state index contributed by atoms with van der Waals surface area (Å²) in [7, 11) is -3.81. The van der Waals surface area contributed by atoms with E-state index < -0.39 is 9.84 Å². The van der Waals surface area contributed by atoms with E-state index >= 15 is 0 Å². The number of hydrogen-bond acceptors (Lipinski definition) is 7. The summed E-state index contributed by atoms with van der Waals surface area (Å²) < 4.78 is 29.9. The van der Waals surface area contributed by atoms with E-state index in [1.807, 2.05) is 0 Å². The van der Waals surface area contributed by atoms with E-state index in [1.54, 1.807) is 5.59 Å². The summed E-state index contributed by atoms with van der Waals surface area (Å²) in [5.41, 5.74) is 2.04. The number of carbonyl (C=O) groups excluding carboxylic acids is 1. The second-order valence-corrected chi connectivity index (χ2v) is 6.10. The molecule has 8 nitrogen and oxygen atoms in total. The Hall–Kier alpha value is -2.65. The maximum absolute atomic E-state index is 12.4. The number of benzene rings is 1. The largest absolute Gasteiger partial charge is 0.443 e. The number of carbonyl (C=O) groups is 1. The Morgan fingerprint density at radius 2 is 1.91 bits per heavy atom. The molecule has 0 fully saturated rings. The van der Waals surface area contributed by atoms with Crippen molar-refractivity contribution in [2.75, 3.05) is 5.32 Å². The van der Waals surface area contributed by atoms with Gasteiger partial charge in [0.25, 0.3) is 0 Å². The van der Waals surface area contributed by atoms with Crippen LogP contribution in [0.5, 0.6) is 0 Å². The highest BCUT2D eigenvalue weighted by atomic mass is 32.2. The third kappa shape index (κ3) is 3.51. The van der Waals surface area contributed by atoms with Crippen molar-refractivity contribution in [3.8, 4) is 0 Å². The fourth-order valence-corrected chi connectivity index (χ4v) is 2.86. The molecule has 9 heteroatoms. The van der Waals surface area contributed by atoms with E-state index in [0.29, 0.717) is 5.69 Å². The third-order valence-corrected chi connectivity index (χ3v) is 4.24. The highest BCUT2D eigenvalue weighted by Gasteiger charge is 2.21. The van der Waals surface area contributed by atoms with Gasteiger partial charge in [-0.05, 0) is 36.4 Å². The van der Waals surface area contributed by atoms with Gasteiger partial charge in [0.05, 0.1) is 11.1 Å². The minimum Gasteiger partial charge on any atom is -0.443 e. The van der Waals surface area contributed by atoms with Crippen molar-refractivity contribution in [2.24, 2.45) is 5.10 Å². The first-order valence-electron chi connectivity index (χ1n) is 6.08. The van der Waals surface area contributed by atoms with Gasteiger partial charge < -0.3 is 9.73 Å². The molecule has 0 saturated carbocycles. The van der Waals surface area contributed by atoms with Gasteiger partial charge in [-0.15, -0.1) is 0 Å². The number of amides is 1. The van der Waals surface area contributed by atoms with Gasteiger partial charge in [-0.3, -0.25) is 10.0 Å². The predicted octanol–water partition coefficient (Wildman–Crippen LogP) is 1.38. The zero-order valence-corrected chi connectivity index (χ0v) is 12.3. The van der Waals surface area contributed by atoms with Crippen LogP contribution in [0, 0.1) is 0 Å². The minimum atomic E-state index is -3.81. The molecule has 22 heavy (non-hydrogen) atoms. The van der Waals surface area contributed by atoms with Gasteiger partial charge in [0, 0.05) is 12.6 Å². The van der Waals surface area contributed by atoms with E-state index in [1.165, 1.54) is 43.3 Å². The first kappa shape index (κ1) is 15.7. The topological polar surface area (TPSA) is 121 Å². The van der Waals surface area contributed by atoms with Crippen molar-refractivity contribution in [3.05, 3.63) is 42.2 Å². The molecule has 0 bridgehead atoms. The number of rotatable bonds is 5. The van der Waals surface area contributed by atoms with Crippen molar-refractivity contribution < 1.29 is 22.8 Å². The van der Waals surface area contributed by atoms with Gasteiger partial charge in [0.2, 0.25) is 20.8 Å². The lowest BCUT2D eigenvalue weighted by Crippen LogP contribution is -2.06. The molecular formula is C13H13N3O5S. The van der Waals surface area contributed by atoms with Gasteiger partial charge in [-0.2, -0.15) is 10.7 Å². The fourth-order valence-electron chi connectivity index (χ4n) is 1.68. The Labute approximate surface area is 126 Å². The molecule has 1 aromatic carbocycles. The summed E-state index contributed by atoms with van der Waals surface area (Å²) in [4.78, 5) is 11.0. The summed E-state index contributed by atoms with van der Waals surface area (Å²) in [5.74, 6) is -0.0851. The number of anilines is 1. The second-order valence-electron chi connectivity index (χ2n) is 4.22. The lowest BCUT2D eigenvalue weighted by Gasteiger charge is -2.04. The number of nitrogens with zero attached hydrogens (tertiary/aromatic N) is 1. The fraction of sp³-hybridized carbons (Fsp3) is 0.0769. The molecule has 0 spiro atoms. The smallest absolute Gasteiger partial charge is 0.239 e. The molecule has 0 aliphatic carbocycles. The predicted molar refractivity (Wildman–Crippen MR) is 77.4 cm³/mol. The number of hydrogen-bond donors (Lipinski definition) is 3. The van der Waals surface area contributed by atoms with Crippen LogP contribution in [0.3, 0.4) is 0 Å². The van der Waals surface area contributed by atoms with Crippen LogP contribution in [0.1, 0.15) is 12.7 Å². The highest BCUT2D eigenvalue weighted by Crippen LogP contribution is 2.23. The summed E-state index contributed by atoms with van der Waals surface area (Å²) in [5, 5.41) is 13.9. The van der Waals surface area contributed by atoms with E-state index in [-0.39, 0.29) is 21.7 Å². The molecule has 1 heterocycles. The minimum absolute atomic E-state index is 0.0275. The van der Waals surface area contributed by atoms with Gasteiger partial charge in [-0.25, -0.2) is 8.42 Å². The molecule has 0 aliphatic heterocycles. The quantitative estimate of drug-likeness (QED) is 0.564. The monoisotopic (exact) mass is 323 g/mol. The lowest BCUT2D eigenvalue weighted by atomic mass is 10.3. The molecular weight excluding hydrogens is 310 g/mol.